The van der Waals surface area contributed by atoms with Crippen LogP contribution in [-0.4, -0.2) is 42.2 Å². The van der Waals surface area contributed by atoms with Gasteiger partial charge in [-0.1, -0.05) is 49.4 Å². The zero-order valence-electron chi connectivity index (χ0n) is 20.7. The van der Waals surface area contributed by atoms with Crippen LogP contribution in [0.2, 0.25) is 0 Å². The number of carbonyl (C=O) groups excluding carboxylic acids is 2. The van der Waals surface area contributed by atoms with Crippen LogP contribution in [0.1, 0.15) is 59.6 Å². The average Bonchev–Trinajstić information content (AvgIpc) is 3.24. The Morgan fingerprint density at radius 2 is 1.84 bits per heavy atom. The van der Waals surface area contributed by atoms with Crippen LogP contribution in [0.5, 0.6) is 0 Å². The first-order valence-electron chi connectivity index (χ1n) is 11.9. The van der Waals surface area contributed by atoms with Gasteiger partial charge in [-0.25, -0.2) is 4.98 Å². The van der Waals surface area contributed by atoms with Gasteiger partial charge in [0.2, 0.25) is 0 Å². The first kappa shape index (κ1) is 28.8. The summed E-state index contributed by atoms with van der Waals surface area (Å²) < 4.78 is 38.5. The fraction of sp³-hybridized carbons (Fsp3) is 0.346. The van der Waals surface area contributed by atoms with Crippen LogP contribution in [0.15, 0.2) is 57.8 Å². The lowest BCUT2D eigenvalue weighted by Crippen LogP contribution is -2.16. The summed E-state index contributed by atoms with van der Waals surface area (Å²) in [5.74, 6) is 0.00191. The van der Waals surface area contributed by atoms with E-state index in [1.54, 1.807) is 42.2 Å². The number of carbonyl (C=O) groups is 2. The summed E-state index contributed by atoms with van der Waals surface area (Å²) in [7, 11) is -4.52. The number of aryl methyl sites for hydroxylation is 1. The molecule has 37 heavy (non-hydrogen) atoms. The number of benzene rings is 2. The smallest absolute Gasteiger partial charge is 0.305 e. The lowest BCUT2D eigenvalue weighted by Gasteiger charge is -2.09. The third-order valence-corrected chi connectivity index (χ3v) is 8.53. The van der Waals surface area contributed by atoms with E-state index in [-0.39, 0.29) is 11.5 Å². The number of anilines is 1. The van der Waals surface area contributed by atoms with Gasteiger partial charge in [0, 0.05) is 29.2 Å². The zero-order chi connectivity index (χ0) is 26.8. The summed E-state index contributed by atoms with van der Waals surface area (Å²) in [6.07, 6.45) is 3.72. The standard InChI is InChI=1S/C26H30N2O6S3/c1-3-8-21-22(36-26(28-21)35-16-7-11-24(29)34-4-2)17-18-12-14-19(15-13-18)27-25(30)20-9-5-6-10-23(20)37(31,32)33/h5-6,9-10,12-15H,3-4,7-8,11,16-17H2,1-2H3,(H,27,30)(H,31,32,33). The van der Waals surface area contributed by atoms with Crippen molar-refractivity contribution in [2.24, 2.45) is 0 Å². The first-order valence-corrected chi connectivity index (χ1v) is 15.2. The molecule has 0 aliphatic heterocycles. The number of hydrogen-bond acceptors (Lipinski definition) is 8. The minimum atomic E-state index is -4.52. The summed E-state index contributed by atoms with van der Waals surface area (Å²) in [6.45, 7) is 4.32. The van der Waals surface area contributed by atoms with Crippen LogP contribution < -0.4 is 5.32 Å². The average molecular weight is 563 g/mol. The summed E-state index contributed by atoms with van der Waals surface area (Å²) >= 11 is 3.32. The molecular weight excluding hydrogens is 532 g/mol. The maximum atomic E-state index is 12.6. The SMILES string of the molecule is CCCc1nc(SCCCC(=O)OCC)sc1Cc1ccc(NC(=O)c2ccccc2S(=O)(=O)O)cc1. The molecule has 3 rings (SSSR count). The first-order chi connectivity index (χ1) is 17.7. The fourth-order valence-corrected chi connectivity index (χ4v) is 6.56. The predicted molar refractivity (Wildman–Crippen MR) is 146 cm³/mol. The van der Waals surface area contributed by atoms with E-state index < -0.39 is 20.9 Å². The van der Waals surface area contributed by atoms with Gasteiger partial charge in [-0.05, 0) is 49.6 Å². The van der Waals surface area contributed by atoms with E-state index in [0.717, 1.165) is 40.6 Å². The number of nitrogens with zero attached hydrogens (tertiary/aromatic N) is 1. The number of hydrogen-bond donors (Lipinski definition) is 2. The van der Waals surface area contributed by atoms with Crippen LogP contribution in [0, 0.1) is 0 Å². The van der Waals surface area contributed by atoms with Crippen molar-refractivity contribution in [3.05, 3.63) is 70.2 Å². The van der Waals surface area contributed by atoms with E-state index in [1.165, 1.54) is 29.1 Å². The van der Waals surface area contributed by atoms with E-state index >= 15 is 0 Å². The molecule has 0 aliphatic rings. The zero-order valence-corrected chi connectivity index (χ0v) is 23.2. The molecule has 1 amide bonds. The number of thioether (sulfide) groups is 1. The van der Waals surface area contributed by atoms with Gasteiger partial charge in [0.15, 0.2) is 0 Å². The molecule has 0 unspecified atom stereocenters. The summed E-state index contributed by atoms with van der Waals surface area (Å²) in [5.41, 5.74) is 2.51. The second kappa shape index (κ2) is 13.7. The molecule has 0 spiro atoms. The molecule has 0 atom stereocenters. The van der Waals surface area contributed by atoms with Crippen molar-refractivity contribution < 1.29 is 27.3 Å². The van der Waals surface area contributed by atoms with Gasteiger partial charge in [-0.15, -0.1) is 11.3 Å². The number of esters is 1. The Hall–Kier alpha value is -2.73. The molecule has 198 valence electrons. The number of thiazole rings is 1. The predicted octanol–water partition coefficient (Wildman–Crippen LogP) is 5.62. The Labute approximate surface area is 225 Å². The number of ether oxygens (including phenoxy) is 1. The molecule has 0 saturated carbocycles. The van der Waals surface area contributed by atoms with Gasteiger partial charge in [0.1, 0.15) is 9.24 Å². The highest BCUT2D eigenvalue weighted by Gasteiger charge is 2.20. The summed E-state index contributed by atoms with van der Waals surface area (Å²) in [4.78, 5) is 29.7. The normalized spacial score (nSPS) is 11.3. The number of amides is 1. The number of rotatable bonds is 13. The lowest BCUT2D eigenvalue weighted by atomic mass is 10.1. The lowest BCUT2D eigenvalue weighted by molar-refractivity contribution is -0.143. The molecule has 2 aromatic carbocycles. The van der Waals surface area contributed by atoms with Gasteiger partial charge in [0.05, 0.1) is 17.9 Å². The minimum absolute atomic E-state index is 0.129. The third kappa shape index (κ3) is 8.67. The summed E-state index contributed by atoms with van der Waals surface area (Å²) in [5, 5.41) is 2.68. The monoisotopic (exact) mass is 562 g/mol. The second-order valence-electron chi connectivity index (χ2n) is 8.16. The van der Waals surface area contributed by atoms with Crippen molar-refractivity contribution in [1.29, 1.82) is 0 Å². The Kier molecular flexibility index (Phi) is 10.7. The van der Waals surface area contributed by atoms with Gasteiger partial charge in [0.25, 0.3) is 16.0 Å². The number of nitrogens with one attached hydrogen (secondary N) is 1. The summed E-state index contributed by atoms with van der Waals surface area (Å²) in [6, 6.07) is 12.8. The quantitative estimate of drug-likeness (QED) is 0.119. The van der Waals surface area contributed by atoms with E-state index in [2.05, 4.69) is 12.2 Å². The fourth-order valence-electron chi connectivity index (χ4n) is 3.57. The molecule has 1 heterocycles. The maximum Gasteiger partial charge on any atom is 0.305 e. The van der Waals surface area contributed by atoms with E-state index in [1.807, 2.05) is 12.1 Å². The van der Waals surface area contributed by atoms with Crippen molar-refractivity contribution in [3.8, 4) is 0 Å². The molecule has 11 heteroatoms. The van der Waals surface area contributed by atoms with Gasteiger partial charge in [-0.2, -0.15) is 8.42 Å². The molecule has 0 saturated heterocycles. The molecular formula is C26H30N2O6S3. The van der Waals surface area contributed by atoms with E-state index in [4.69, 9.17) is 9.72 Å². The maximum absolute atomic E-state index is 12.6. The van der Waals surface area contributed by atoms with Gasteiger partial charge in [-0.3, -0.25) is 14.1 Å². The molecule has 0 bridgehead atoms. The second-order valence-corrected chi connectivity index (χ2v) is 12.0. The van der Waals surface area contributed by atoms with Crippen LogP contribution in [0.25, 0.3) is 0 Å². The van der Waals surface area contributed by atoms with Crippen molar-refractivity contribution >= 4 is 50.8 Å². The molecule has 0 aliphatic carbocycles. The topological polar surface area (TPSA) is 123 Å². The highest BCUT2D eigenvalue weighted by molar-refractivity contribution is 8.01. The van der Waals surface area contributed by atoms with Crippen molar-refractivity contribution in [3.63, 3.8) is 0 Å². The van der Waals surface area contributed by atoms with Gasteiger partial charge < -0.3 is 10.1 Å². The molecule has 3 aromatic rings. The Bertz CT molecular complexity index is 1320. The molecule has 0 fully saturated rings. The Balaban J connectivity index is 1.63. The van der Waals surface area contributed by atoms with Gasteiger partial charge >= 0.3 is 5.97 Å². The van der Waals surface area contributed by atoms with Crippen molar-refractivity contribution in [2.75, 3.05) is 17.7 Å². The highest BCUT2D eigenvalue weighted by atomic mass is 32.2. The Morgan fingerprint density at radius 3 is 2.51 bits per heavy atom. The van der Waals surface area contributed by atoms with Crippen LogP contribution >= 0.6 is 23.1 Å². The molecule has 8 nitrogen and oxygen atoms in total. The van der Waals surface area contributed by atoms with Crippen molar-refractivity contribution in [1.82, 2.24) is 4.98 Å². The highest BCUT2D eigenvalue weighted by Crippen LogP contribution is 2.31. The van der Waals surface area contributed by atoms with E-state index in [0.29, 0.717) is 25.1 Å². The molecule has 0 radical (unpaired) electrons. The molecule has 1 aromatic heterocycles. The minimum Gasteiger partial charge on any atom is -0.466 e. The van der Waals surface area contributed by atoms with Crippen LogP contribution in [0.4, 0.5) is 5.69 Å². The number of aromatic nitrogens is 1. The largest absolute Gasteiger partial charge is 0.466 e. The van der Waals surface area contributed by atoms with E-state index in [9.17, 15) is 22.6 Å². The van der Waals surface area contributed by atoms with Crippen molar-refractivity contribution in [2.45, 2.75) is 55.2 Å². The molecule has 2 N–H and O–H groups in total. The third-order valence-electron chi connectivity index (χ3n) is 5.29. The Morgan fingerprint density at radius 1 is 1.11 bits per heavy atom. The van der Waals surface area contributed by atoms with Crippen LogP contribution in [0.3, 0.4) is 0 Å². The van der Waals surface area contributed by atoms with Crippen LogP contribution in [-0.2, 0) is 32.5 Å².